The number of nitrogens with two attached hydrogens (primary N) is 1. The molecule has 3 amide bonds. The van der Waals surface area contributed by atoms with Gasteiger partial charge in [-0.2, -0.15) is 0 Å². The Bertz CT molecular complexity index is 815. The van der Waals surface area contributed by atoms with Crippen LogP contribution < -0.4 is 21.7 Å². The predicted octanol–water partition coefficient (Wildman–Crippen LogP) is -2.17. The first kappa shape index (κ1) is 27.8. The molecule has 1 aromatic carbocycles. The number of phenolic OH excluding ortho intramolecular Hbond substituents is 1. The van der Waals surface area contributed by atoms with Crippen LogP contribution in [0.4, 0.5) is 0 Å². The summed E-state index contributed by atoms with van der Waals surface area (Å²) in [5.74, 6) is -3.83. The van der Waals surface area contributed by atoms with E-state index in [9.17, 15) is 34.5 Å². The quantitative estimate of drug-likeness (QED) is 0.158. The van der Waals surface area contributed by atoms with E-state index in [-0.39, 0.29) is 24.5 Å². The van der Waals surface area contributed by atoms with Gasteiger partial charge in [-0.15, -0.1) is 0 Å². The van der Waals surface area contributed by atoms with Crippen molar-refractivity contribution in [2.24, 2.45) is 11.7 Å². The van der Waals surface area contributed by atoms with Gasteiger partial charge in [0.1, 0.15) is 29.9 Å². The summed E-state index contributed by atoms with van der Waals surface area (Å²) in [5.41, 5.74) is 5.94. The van der Waals surface area contributed by atoms with Gasteiger partial charge < -0.3 is 42.1 Å². The number of carbonyl (C=O) groups is 4. The van der Waals surface area contributed by atoms with Crippen molar-refractivity contribution in [2.45, 2.75) is 50.9 Å². The van der Waals surface area contributed by atoms with E-state index in [0.717, 1.165) is 0 Å². The summed E-state index contributed by atoms with van der Waals surface area (Å²) in [5, 5.41) is 44.3. The fourth-order valence-corrected chi connectivity index (χ4v) is 2.87. The van der Waals surface area contributed by atoms with Crippen LogP contribution in [0.15, 0.2) is 24.3 Å². The molecule has 0 saturated carbocycles. The molecule has 12 nitrogen and oxygen atoms in total. The number of aliphatic hydroxyl groups excluding tert-OH is 2. The zero-order chi connectivity index (χ0) is 25.1. The number of carbonyl (C=O) groups excluding carboxylic acids is 3. The maximum atomic E-state index is 12.9. The number of nitrogens with one attached hydrogen (secondary N) is 3. The Labute approximate surface area is 191 Å². The van der Waals surface area contributed by atoms with Gasteiger partial charge in [-0.1, -0.05) is 26.0 Å². The fourth-order valence-electron chi connectivity index (χ4n) is 2.87. The minimum absolute atomic E-state index is 0.00468. The highest BCUT2D eigenvalue weighted by Crippen LogP contribution is 2.12. The summed E-state index contributed by atoms with van der Waals surface area (Å²) in [6.07, 6.45) is 0.101. The van der Waals surface area contributed by atoms with Gasteiger partial charge in [0, 0.05) is 6.42 Å². The molecule has 0 radical (unpaired) electrons. The lowest BCUT2D eigenvalue weighted by atomic mass is 10.0. The molecular formula is C21H32N4O8. The van der Waals surface area contributed by atoms with E-state index in [4.69, 9.17) is 10.8 Å². The highest BCUT2D eigenvalue weighted by Gasteiger charge is 2.30. The maximum absolute atomic E-state index is 12.9. The maximum Gasteiger partial charge on any atom is 0.326 e. The van der Waals surface area contributed by atoms with E-state index in [2.05, 4.69) is 16.0 Å². The number of aromatic hydroxyl groups is 1. The monoisotopic (exact) mass is 468 g/mol. The number of amides is 3. The highest BCUT2D eigenvalue weighted by molar-refractivity contribution is 5.94. The molecule has 33 heavy (non-hydrogen) atoms. The molecule has 0 saturated heterocycles. The first-order valence-electron chi connectivity index (χ1n) is 10.4. The number of aliphatic carboxylic acids is 1. The molecule has 0 fully saturated rings. The third-order valence-corrected chi connectivity index (χ3v) is 4.68. The Hall–Kier alpha value is -3.22. The predicted molar refractivity (Wildman–Crippen MR) is 117 cm³/mol. The van der Waals surface area contributed by atoms with Crippen molar-refractivity contribution in [2.75, 3.05) is 13.2 Å². The third kappa shape index (κ3) is 9.43. The first-order valence-corrected chi connectivity index (χ1v) is 10.4. The normalized spacial score (nSPS) is 14.6. The van der Waals surface area contributed by atoms with Gasteiger partial charge in [-0.3, -0.25) is 14.4 Å². The van der Waals surface area contributed by atoms with Crippen molar-refractivity contribution in [1.29, 1.82) is 0 Å². The van der Waals surface area contributed by atoms with Gasteiger partial charge in [-0.05, 0) is 30.0 Å². The van der Waals surface area contributed by atoms with Crippen molar-refractivity contribution >= 4 is 23.7 Å². The lowest BCUT2D eigenvalue weighted by Gasteiger charge is -2.25. The van der Waals surface area contributed by atoms with Gasteiger partial charge in [-0.25, -0.2) is 4.79 Å². The van der Waals surface area contributed by atoms with Gasteiger partial charge in [0.05, 0.1) is 13.2 Å². The second-order valence-corrected chi connectivity index (χ2v) is 7.99. The molecule has 12 heteroatoms. The molecule has 0 spiro atoms. The van der Waals surface area contributed by atoms with E-state index < -0.39 is 61.1 Å². The van der Waals surface area contributed by atoms with Crippen LogP contribution in [0, 0.1) is 5.92 Å². The molecule has 0 unspecified atom stereocenters. The van der Waals surface area contributed by atoms with Gasteiger partial charge in [0.25, 0.3) is 0 Å². The summed E-state index contributed by atoms with van der Waals surface area (Å²) >= 11 is 0. The minimum atomic E-state index is -1.46. The Balaban J connectivity index is 3.06. The molecule has 1 aromatic rings. The van der Waals surface area contributed by atoms with E-state index in [1.807, 2.05) is 0 Å². The van der Waals surface area contributed by atoms with Crippen molar-refractivity contribution in [1.82, 2.24) is 16.0 Å². The Morgan fingerprint density at radius 2 is 1.36 bits per heavy atom. The van der Waals surface area contributed by atoms with Crippen LogP contribution in [0.25, 0.3) is 0 Å². The number of phenols is 1. The van der Waals surface area contributed by atoms with Crippen LogP contribution in [0.3, 0.4) is 0 Å². The van der Waals surface area contributed by atoms with Crippen LogP contribution in [0.5, 0.6) is 5.75 Å². The molecule has 1 rings (SSSR count). The topological polar surface area (TPSA) is 211 Å². The molecule has 0 aromatic heterocycles. The number of carboxylic acids is 1. The zero-order valence-corrected chi connectivity index (χ0v) is 18.5. The number of benzene rings is 1. The summed E-state index contributed by atoms with van der Waals surface area (Å²) < 4.78 is 0. The molecular weight excluding hydrogens is 436 g/mol. The standard InChI is InChI=1S/C21H32N4O8/c1-11(2)7-16(21(32)33)24-19(30)15(8-12-3-5-13(28)6-4-12)23-20(31)17(10-27)25-18(29)14(22)9-26/h3-6,11,14-17,26-28H,7-10,22H2,1-2H3,(H,23,31)(H,24,30)(H,25,29)(H,32,33)/t14-,15-,16-,17-/m0/s1. The Kier molecular flexibility index (Phi) is 11.3. The van der Waals surface area contributed by atoms with Crippen LogP contribution in [0.1, 0.15) is 25.8 Å². The Morgan fingerprint density at radius 1 is 0.848 bits per heavy atom. The van der Waals surface area contributed by atoms with Crippen LogP contribution in [-0.4, -0.2) is 81.5 Å². The van der Waals surface area contributed by atoms with Crippen LogP contribution in [0.2, 0.25) is 0 Å². The minimum Gasteiger partial charge on any atom is -0.508 e. The van der Waals surface area contributed by atoms with Gasteiger partial charge in [0.15, 0.2) is 0 Å². The number of aliphatic hydroxyl groups is 2. The van der Waals surface area contributed by atoms with E-state index in [0.29, 0.717) is 5.56 Å². The summed E-state index contributed by atoms with van der Waals surface area (Å²) in [6, 6.07) is 0.606. The summed E-state index contributed by atoms with van der Waals surface area (Å²) in [7, 11) is 0. The highest BCUT2D eigenvalue weighted by atomic mass is 16.4. The molecule has 0 aliphatic rings. The largest absolute Gasteiger partial charge is 0.508 e. The molecule has 0 bridgehead atoms. The van der Waals surface area contributed by atoms with Crippen molar-refractivity contribution in [3.63, 3.8) is 0 Å². The van der Waals surface area contributed by atoms with Gasteiger partial charge in [0.2, 0.25) is 17.7 Å². The second-order valence-electron chi connectivity index (χ2n) is 7.99. The lowest BCUT2D eigenvalue weighted by Crippen LogP contribution is -2.58. The number of rotatable bonds is 13. The smallest absolute Gasteiger partial charge is 0.326 e. The average Bonchev–Trinajstić information content (AvgIpc) is 2.76. The summed E-state index contributed by atoms with van der Waals surface area (Å²) in [4.78, 5) is 48.9. The third-order valence-electron chi connectivity index (χ3n) is 4.68. The number of hydrogen-bond donors (Lipinski definition) is 8. The SMILES string of the molecule is CC(C)C[C@H](NC(=O)[C@H](Cc1ccc(O)cc1)NC(=O)[C@H](CO)NC(=O)[C@@H](N)CO)C(=O)O. The number of hydrogen-bond acceptors (Lipinski definition) is 8. The molecule has 4 atom stereocenters. The van der Waals surface area contributed by atoms with Crippen molar-refractivity contribution < 1.29 is 39.6 Å². The van der Waals surface area contributed by atoms with E-state index >= 15 is 0 Å². The van der Waals surface area contributed by atoms with Gasteiger partial charge >= 0.3 is 5.97 Å². The number of carboxylic acid groups (broad SMARTS) is 1. The molecule has 184 valence electrons. The zero-order valence-electron chi connectivity index (χ0n) is 18.5. The van der Waals surface area contributed by atoms with E-state index in [1.165, 1.54) is 24.3 Å². The average molecular weight is 469 g/mol. The fraction of sp³-hybridized carbons (Fsp3) is 0.524. The molecule has 0 heterocycles. The Morgan fingerprint density at radius 3 is 1.85 bits per heavy atom. The summed E-state index contributed by atoms with van der Waals surface area (Å²) in [6.45, 7) is 2.10. The van der Waals surface area contributed by atoms with E-state index in [1.54, 1.807) is 13.8 Å². The molecule has 9 N–H and O–H groups in total. The molecule has 0 aliphatic carbocycles. The van der Waals surface area contributed by atoms with Crippen LogP contribution in [-0.2, 0) is 25.6 Å². The second kappa shape index (κ2) is 13.4. The van der Waals surface area contributed by atoms with Crippen molar-refractivity contribution in [3.05, 3.63) is 29.8 Å². The van der Waals surface area contributed by atoms with Crippen LogP contribution >= 0.6 is 0 Å². The lowest BCUT2D eigenvalue weighted by molar-refractivity contribution is -0.142. The molecule has 0 aliphatic heterocycles. The first-order chi connectivity index (χ1) is 15.5. The van der Waals surface area contributed by atoms with Crippen molar-refractivity contribution in [3.8, 4) is 5.75 Å².